The molecule has 1 fully saturated rings. The fraction of sp³-hybridized carbons (Fsp3) is 0.625. The van der Waals surface area contributed by atoms with Gasteiger partial charge in [0.15, 0.2) is 0 Å². The lowest BCUT2D eigenvalue weighted by Gasteiger charge is -2.30. The highest BCUT2D eigenvalue weighted by Gasteiger charge is 2.35. The van der Waals surface area contributed by atoms with Crippen molar-refractivity contribution in [3.05, 3.63) is 35.4 Å². The molecule has 2 atom stereocenters. The predicted molar refractivity (Wildman–Crippen MR) is 77.8 cm³/mol. The SMILES string of the molecule is CC(C)C1CCCN1CC(N)c1ccccc1C(F)(F)F. The van der Waals surface area contributed by atoms with Crippen molar-refractivity contribution in [2.75, 3.05) is 13.1 Å². The van der Waals surface area contributed by atoms with E-state index in [0.717, 1.165) is 25.5 Å². The largest absolute Gasteiger partial charge is 0.416 e. The number of benzene rings is 1. The standard InChI is InChI=1S/C16H23F3N2/c1-11(2)15-8-5-9-21(15)10-14(20)12-6-3-4-7-13(12)16(17,18)19/h3-4,6-7,11,14-15H,5,8-10,20H2,1-2H3. The van der Waals surface area contributed by atoms with Crippen molar-refractivity contribution in [1.82, 2.24) is 4.90 Å². The minimum absolute atomic E-state index is 0.194. The summed E-state index contributed by atoms with van der Waals surface area (Å²) in [5.41, 5.74) is 5.67. The van der Waals surface area contributed by atoms with Crippen LogP contribution < -0.4 is 5.73 Å². The Morgan fingerprint density at radius 2 is 1.95 bits per heavy atom. The number of hydrogen-bond donors (Lipinski definition) is 1. The molecule has 0 saturated carbocycles. The molecule has 1 aromatic rings. The maximum absolute atomic E-state index is 13.1. The molecule has 5 heteroatoms. The molecule has 2 unspecified atom stereocenters. The molecular weight excluding hydrogens is 277 g/mol. The van der Waals surface area contributed by atoms with Crippen LogP contribution in [0.5, 0.6) is 0 Å². The molecule has 0 aliphatic carbocycles. The van der Waals surface area contributed by atoms with Gasteiger partial charge in [0.25, 0.3) is 0 Å². The van der Waals surface area contributed by atoms with Crippen molar-refractivity contribution < 1.29 is 13.2 Å². The van der Waals surface area contributed by atoms with Crippen LogP contribution in [0.3, 0.4) is 0 Å². The second-order valence-corrected chi connectivity index (χ2v) is 6.14. The number of nitrogens with two attached hydrogens (primary N) is 1. The van der Waals surface area contributed by atoms with Gasteiger partial charge in [-0.05, 0) is 36.9 Å². The summed E-state index contributed by atoms with van der Waals surface area (Å²) in [7, 11) is 0. The molecule has 1 aliphatic rings. The summed E-state index contributed by atoms with van der Waals surface area (Å²) in [5, 5.41) is 0. The van der Waals surface area contributed by atoms with Crippen molar-refractivity contribution >= 4 is 0 Å². The van der Waals surface area contributed by atoms with E-state index < -0.39 is 17.8 Å². The van der Waals surface area contributed by atoms with E-state index in [2.05, 4.69) is 18.7 Å². The first-order valence-corrected chi connectivity index (χ1v) is 7.46. The van der Waals surface area contributed by atoms with Gasteiger partial charge < -0.3 is 5.73 Å². The van der Waals surface area contributed by atoms with Crippen LogP contribution in [0.2, 0.25) is 0 Å². The van der Waals surface area contributed by atoms with Gasteiger partial charge in [-0.25, -0.2) is 0 Å². The van der Waals surface area contributed by atoms with Gasteiger partial charge in [-0.15, -0.1) is 0 Å². The van der Waals surface area contributed by atoms with Crippen molar-refractivity contribution in [3.8, 4) is 0 Å². The van der Waals surface area contributed by atoms with Crippen LogP contribution in [0.15, 0.2) is 24.3 Å². The summed E-state index contributed by atoms with van der Waals surface area (Å²) in [4.78, 5) is 2.24. The first kappa shape index (κ1) is 16.3. The fourth-order valence-electron chi connectivity index (χ4n) is 3.26. The summed E-state index contributed by atoms with van der Waals surface area (Å²) in [6.45, 7) is 5.71. The summed E-state index contributed by atoms with van der Waals surface area (Å²) in [6, 6.07) is 5.45. The first-order valence-electron chi connectivity index (χ1n) is 7.46. The van der Waals surface area contributed by atoms with E-state index >= 15 is 0 Å². The normalized spacial score (nSPS) is 22.0. The Hall–Kier alpha value is -1.07. The molecule has 0 radical (unpaired) electrons. The Morgan fingerprint density at radius 3 is 2.57 bits per heavy atom. The minimum Gasteiger partial charge on any atom is -0.323 e. The molecule has 118 valence electrons. The number of nitrogens with zero attached hydrogens (tertiary/aromatic N) is 1. The van der Waals surface area contributed by atoms with E-state index in [1.54, 1.807) is 6.07 Å². The third kappa shape index (κ3) is 3.77. The molecular formula is C16H23F3N2. The Bertz CT molecular complexity index is 471. The summed E-state index contributed by atoms with van der Waals surface area (Å²) in [5.74, 6) is 0.498. The second-order valence-electron chi connectivity index (χ2n) is 6.14. The molecule has 1 saturated heterocycles. The average molecular weight is 300 g/mol. The Labute approximate surface area is 124 Å². The topological polar surface area (TPSA) is 29.3 Å². The first-order chi connectivity index (χ1) is 9.80. The van der Waals surface area contributed by atoms with E-state index in [4.69, 9.17) is 5.73 Å². The Balaban J connectivity index is 2.16. The predicted octanol–water partition coefficient (Wildman–Crippen LogP) is 3.83. The number of likely N-dealkylation sites (tertiary alicyclic amines) is 1. The van der Waals surface area contributed by atoms with Gasteiger partial charge in [0.05, 0.1) is 5.56 Å². The zero-order valence-corrected chi connectivity index (χ0v) is 12.5. The maximum Gasteiger partial charge on any atom is 0.416 e. The van der Waals surface area contributed by atoms with Gasteiger partial charge in [0.2, 0.25) is 0 Å². The van der Waals surface area contributed by atoms with Crippen LogP contribution >= 0.6 is 0 Å². The Morgan fingerprint density at radius 1 is 1.29 bits per heavy atom. The van der Waals surface area contributed by atoms with Crippen LogP contribution in [-0.2, 0) is 6.18 Å². The summed E-state index contributed by atoms with van der Waals surface area (Å²) < 4.78 is 39.2. The van der Waals surface area contributed by atoms with Gasteiger partial charge in [0.1, 0.15) is 0 Å². The molecule has 2 rings (SSSR count). The lowest BCUT2D eigenvalue weighted by atomic mass is 9.98. The van der Waals surface area contributed by atoms with Gasteiger partial charge in [-0.1, -0.05) is 32.0 Å². The smallest absolute Gasteiger partial charge is 0.323 e. The molecule has 21 heavy (non-hydrogen) atoms. The van der Waals surface area contributed by atoms with Crippen molar-refractivity contribution in [3.63, 3.8) is 0 Å². The number of halogens is 3. The van der Waals surface area contributed by atoms with Crippen LogP contribution in [-0.4, -0.2) is 24.0 Å². The van der Waals surface area contributed by atoms with E-state index in [-0.39, 0.29) is 5.56 Å². The highest BCUT2D eigenvalue weighted by Crippen LogP contribution is 2.35. The molecule has 0 spiro atoms. The Kier molecular flexibility index (Phi) is 4.94. The fourth-order valence-corrected chi connectivity index (χ4v) is 3.26. The molecule has 2 N–H and O–H groups in total. The minimum atomic E-state index is -4.35. The lowest BCUT2D eigenvalue weighted by Crippen LogP contribution is -2.39. The van der Waals surface area contributed by atoms with Gasteiger partial charge >= 0.3 is 6.18 Å². The highest BCUT2D eigenvalue weighted by atomic mass is 19.4. The third-order valence-electron chi connectivity index (χ3n) is 4.28. The van der Waals surface area contributed by atoms with E-state index in [1.165, 1.54) is 12.1 Å². The molecule has 0 amide bonds. The number of rotatable bonds is 4. The van der Waals surface area contributed by atoms with Crippen LogP contribution in [0, 0.1) is 5.92 Å². The van der Waals surface area contributed by atoms with Gasteiger partial charge in [-0.2, -0.15) is 13.2 Å². The summed E-state index contributed by atoms with van der Waals surface area (Å²) in [6.07, 6.45) is -2.15. The average Bonchev–Trinajstić information content (AvgIpc) is 2.86. The van der Waals surface area contributed by atoms with Crippen molar-refractivity contribution in [1.29, 1.82) is 0 Å². The molecule has 1 aromatic carbocycles. The van der Waals surface area contributed by atoms with E-state index in [1.807, 2.05) is 0 Å². The number of hydrogen-bond acceptors (Lipinski definition) is 2. The monoisotopic (exact) mass is 300 g/mol. The van der Waals surface area contributed by atoms with Crippen LogP contribution in [0.1, 0.15) is 43.9 Å². The van der Waals surface area contributed by atoms with Crippen LogP contribution in [0.25, 0.3) is 0 Å². The number of alkyl halides is 3. The molecule has 0 bridgehead atoms. The molecule has 2 nitrogen and oxygen atoms in total. The third-order valence-corrected chi connectivity index (χ3v) is 4.28. The maximum atomic E-state index is 13.1. The molecule has 1 aliphatic heterocycles. The summed E-state index contributed by atoms with van der Waals surface area (Å²) >= 11 is 0. The lowest BCUT2D eigenvalue weighted by molar-refractivity contribution is -0.138. The van der Waals surface area contributed by atoms with E-state index in [0.29, 0.717) is 18.5 Å². The van der Waals surface area contributed by atoms with E-state index in [9.17, 15) is 13.2 Å². The van der Waals surface area contributed by atoms with Crippen molar-refractivity contribution in [2.24, 2.45) is 11.7 Å². The molecule has 0 aromatic heterocycles. The van der Waals surface area contributed by atoms with Crippen molar-refractivity contribution in [2.45, 2.75) is 44.9 Å². The highest BCUT2D eigenvalue weighted by molar-refractivity contribution is 5.32. The molecule has 1 heterocycles. The zero-order chi connectivity index (χ0) is 15.6. The second kappa shape index (κ2) is 6.36. The zero-order valence-electron chi connectivity index (χ0n) is 12.5. The van der Waals surface area contributed by atoms with Gasteiger partial charge in [-0.3, -0.25) is 4.90 Å². The van der Waals surface area contributed by atoms with Crippen LogP contribution in [0.4, 0.5) is 13.2 Å². The quantitative estimate of drug-likeness (QED) is 0.916. The van der Waals surface area contributed by atoms with Gasteiger partial charge in [0, 0.05) is 18.6 Å².